The molecule has 7 heteroatoms. The lowest BCUT2D eigenvalue weighted by Gasteiger charge is -2.14. The Labute approximate surface area is 119 Å². The Morgan fingerprint density at radius 1 is 1.38 bits per heavy atom. The van der Waals surface area contributed by atoms with Gasteiger partial charge in [0, 0.05) is 12.4 Å². The number of aromatic amines is 1. The van der Waals surface area contributed by atoms with E-state index in [1.54, 1.807) is 29.2 Å². The maximum atomic E-state index is 13.5. The zero-order valence-corrected chi connectivity index (χ0v) is 11.6. The first-order chi connectivity index (χ1) is 10.1. The van der Waals surface area contributed by atoms with Gasteiger partial charge in [-0.3, -0.25) is 4.68 Å². The number of aryl methyl sites for hydroxylation is 1. The van der Waals surface area contributed by atoms with Gasteiger partial charge in [-0.05, 0) is 37.6 Å². The summed E-state index contributed by atoms with van der Waals surface area (Å²) >= 11 is 0. The van der Waals surface area contributed by atoms with Gasteiger partial charge in [0.05, 0.1) is 5.69 Å². The van der Waals surface area contributed by atoms with Gasteiger partial charge in [0.15, 0.2) is 5.82 Å². The van der Waals surface area contributed by atoms with Crippen molar-refractivity contribution in [1.82, 2.24) is 24.5 Å². The molecule has 3 rings (SSSR count). The second-order valence-electron chi connectivity index (χ2n) is 4.82. The summed E-state index contributed by atoms with van der Waals surface area (Å²) in [5.41, 5.74) is 0.856. The van der Waals surface area contributed by atoms with Crippen LogP contribution in [0.1, 0.15) is 24.4 Å². The molecule has 0 spiro atoms. The first-order valence-electron chi connectivity index (χ1n) is 6.51. The molecule has 0 aliphatic heterocycles. The molecule has 0 saturated heterocycles. The van der Waals surface area contributed by atoms with Crippen LogP contribution in [0.25, 0.3) is 5.69 Å². The quantitative estimate of drug-likeness (QED) is 0.799. The molecule has 1 atom stereocenters. The summed E-state index contributed by atoms with van der Waals surface area (Å²) in [6, 6.07) is 5.85. The van der Waals surface area contributed by atoms with Crippen LogP contribution in [0.2, 0.25) is 0 Å². The van der Waals surface area contributed by atoms with Gasteiger partial charge in [0.25, 0.3) is 0 Å². The summed E-state index contributed by atoms with van der Waals surface area (Å²) in [5.74, 6) is 0.0683. The summed E-state index contributed by atoms with van der Waals surface area (Å²) in [7, 11) is 0. The molecule has 0 aliphatic rings. The van der Waals surface area contributed by atoms with E-state index in [1.165, 1.54) is 16.7 Å². The molecule has 2 heterocycles. The SMILES string of the molecule is Cc1ccc(F)cc1-n1c([C@H](C)n2cccn2)n[nH]c1=O. The minimum atomic E-state index is -0.405. The van der Waals surface area contributed by atoms with E-state index in [0.29, 0.717) is 11.5 Å². The Bertz CT molecular complexity index is 818. The van der Waals surface area contributed by atoms with Crippen LogP contribution in [0.3, 0.4) is 0 Å². The Balaban J connectivity index is 2.18. The summed E-state index contributed by atoms with van der Waals surface area (Å²) in [6.45, 7) is 3.68. The highest BCUT2D eigenvalue weighted by atomic mass is 19.1. The predicted octanol–water partition coefficient (Wildman–Crippen LogP) is 1.81. The van der Waals surface area contributed by atoms with Gasteiger partial charge < -0.3 is 0 Å². The maximum Gasteiger partial charge on any atom is 0.348 e. The fraction of sp³-hybridized carbons (Fsp3) is 0.214. The lowest BCUT2D eigenvalue weighted by atomic mass is 10.2. The lowest BCUT2D eigenvalue weighted by molar-refractivity contribution is 0.526. The van der Waals surface area contributed by atoms with Gasteiger partial charge >= 0.3 is 5.69 Å². The highest BCUT2D eigenvalue weighted by molar-refractivity contribution is 5.41. The van der Waals surface area contributed by atoms with Crippen molar-refractivity contribution in [2.45, 2.75) is 19.9 Å². The molecule has 0 amide bonds. The Kier molecular flexibility index (Phi) is 3.17. The molecule has 108 valence electrons. The molecule has 1 aromatic carbocycles. The number of hydrogen-bond acceptors (Lipinski definition) is 3. The van der Waals surface area contributed by atoms with Crippen LogP contribution >= 0.6 is 0 Å². The molecule has 2 aromatic heterocycles. The molecular weight excluding hydrogens is 273 g/mol. The fourth-order valence-corrected chi connectivity index (χ4v) is 2.27. The molecule has 0 unspecified atom stereocenters. The first kappa shape index (κ1) is 13.3. The van der Waals surface area contributed by atoms with Crippen LogP contribution in [0.15, 0.2) is 41.5 Å². The van der Waals surface area contributed by atoms with Crippen LogP contribution < -0.4 is 5.69 Å². The van der Waals surface area contributed by atoms with Gasteiger partial charge in [0.2, 0.25) is 0 Å². The minimum absolute atomic E-state index is 0.262. The summed E-state index contributed by atoms with van der Waals surface area (Å²) in [5, 5.41) is 10.6. The zero-order valence-electron chi connectivity index (χ0n) is 11.6. The van der Waals surface area contributed by atoms with Crippen molar-refractivity contribution in [3.05, 3.63) is 64.3 Å². The Hall–Kier alpha value is -2.70. The molecule has 0 fully saturated rings. The molecule has 1 N–H and O–H groups in total. The van der Waals surface area contributed by atoms with E-state index in [2.05, 4.69) is 15.3 Å². The fourth-order valence-electron chi connectivity index (χ4n) is 2.27. The average molecular weight is 287 g/mol. The highest BCUT2D eigenvalue weighted by Gasteiger charge is 2.19. The van der Waals surface area contributed by atoms with E-state index in [9.17, 15) is 9.18 Å². The topological polar surface area (TPSA) is 68.5 Å². The van der Waals surface area contributed by atoms with E-state index < -0.39 is 11.5 Å². The minimum Gasteiger partial charge on any atom is -0.262 e. The Morgan fingerprint density at radius 3 is 2.90 bits per heavy atom. The van der Waals surface area contributed by atoms with Gasteiger partial charge in [-0.15, -0.1) is 0 Å². The third-order valence-corrected chi connectivity index (χ3v) is 3.41. The Morgan fingerprint density at radius 2 is 2.19 bits per heavy atom. The van der Waals surface area contributed by atoms with Crippen LogP contribution in [0, 0.1) is 12.7 Å². The number of nitrogens with one attached hydrogen (secondary N) is 1. The van der Waals surface area contributed by atoms with E-state index in [1.807, 2.05) is 13.8 Å². The molecule has 0 bridgehead atoms. The monoisotopic (exact) mass is 287 g/mol. The molecule has 0 saturated carbocycles. The lowest BCUT2D eigenvalue weighted by Crippen LogP contribution is -2.21. The number of rotatable bonds is 3. The summed E-state index contributed by atoms with van der Waals surface area (Å²) in [4.78, 5) is 12.1. The van der Waals surface area contributed by atoms with Crippen molar-refractivity contribution in [2.24, 2.45) is 0 Å². The number of nitrogens with zero attached hydrogens (tertiary/aromatic N) is 4. The normalized spacial score (nSPS) is 12.5. The maximum absolute atomic E-state index is 13.5. The van der Waals surface area contributed by atoms with Crippen LogP contribution in [-0.4, -0.2) is 24.5 Å². The van der Waals surface area contributed by atoms with E-state index in [0.717, 1.165) is 5.56 Å². The summed E-state index contributed by atoms with van der Waals surface area (Å²) < 4.78 is 16.6. The van der Waals surface area contributed by atoms with Crippen molar-refractivity contribution in [2.75, 3.05) is 0 Å². The number of benzene rings is 1. The standard InChI is InChI=1S/C14H14FN5O/c1-9-4-5-11(15)8-12(9)20-13(17-18-14(20)21)10(2)19-7-3-6-16-19/h3-8,10H,1-2H3,(H,18,21)/t10-/m0/s1. The van der Waals surface area contributed by atoms with E-state index in [4.69, 9.17) is 0 Å². The van der Waals surface area contributed by atoms with Crippen LogP contribution in [-0.2, 0) is 0 Å². The van der Waals surface area contributed by atoms with Gasteiger partial charge in [-0.1, -0.05) is 6.07 Å². The number of hydrogen-bond donors (Lipinski definition) is 1. The van der Waals surface area contributed by atoms with E-state index in [-0.39, 0.29) is 6.04 Å². The van der Waals surface area contributed by atoms with Gasteiger partial charge in [-0.2, -0.15) is 10.2 Å². The summed E-state index contributed by atoms with van der Waals surface area (Å²) in [6.07, 6.45) is 3.44. The zero-order chi connectivity index (χ0) is 15.0. The third-order valence-electron chi connectivity index (χ3n) is 3.41. The number of H-pyrrole nitrogens is 1. The number of aromatic nitrogens is 5. The van der Waals surface area contributed by atoms with Gasteiger partial charge in [0.1, 0.15) is 11.9 Å². The highest BCUT2D eigenvalue weighted by Crippen LogP contribution is 2.20. The smallest absolute Gasteiger partial charge is 0.262 e. The third kappa shape index (κ3) is 2.26. The van der Waals surface area contributed by atoms with Gasteiger partial charge in [-0.25, -0.2) is 18.9 Å². The molecule has 21 heavy (non-hydrogen) atoms. The molecular formula is C14H14FN5O. The predicted molar refractivity (Wildman–Crippen MR) is 74.9 cm³/mol. The van der Waals surface area contributed by atoms with E-state index >= 15 is 0 Å². The second-order valence-corrected chi connectivity index (χ2v) is 4.82. The van der Waals surface area contributed by atoms with Crippen molar-refractivity contribution in [1.29, 1.82) is 0 Å². The average Bonchev–Trinajstić information content (AvgIpc) is 3.10. The molecule has 0 radical (unpaired) electrons. The van der Waals surface area contributed by atoms with Crippen LogP contribution in [0.4, 0.5) is 4.39 Å². The molecule has 6 nitrogen and oxygen atoms in total. The largest absolute Gasteiger partial charge is 0.348 e. The second kappa shape index (κ2) is 5.01. The van der Waals surface area contributed by atoms with Crippen LogP contribution in [0.5, 0.6) is 0 Å². The molecule has 0 aliphatic carbocycles. The van der Waals surface area contributed by atoms with Crippen molar-refractivity contribution in [3.8, 4) is 5.69 Å². The molecule has 3 aromatic rings. The van der Waals surface area contributed by atoms with Crippen molar-refractivity contribution >= 4 is 0 Å². The van der Waals surface area contributed by atoms with Crippen molar-refractivity contribution < 1.29 is 4.39 Å². The first-order valence-corrected chi connectivity index (χ1v) is 6.51. The number of halogens is 1. The van der Waals surface area contributed by atoms with Crippen molar-refractivity contribution in [3.63, 3.8) is 0 Å².